The van der Waals surface area contributed by atoms with Gasteiger partial charge >= 0.3 is 6.16 Å². The van der Waals surface area contributed by atoms with Crippen molar-refractivity contribution in [3.63, 3.8) is 0 Å². The number of carbonyl (C=O) groups is 2. The summed E-state index contributed by atoms with van der Waals surface area (Å²) in [5.74, 6) is 1.35. The summed E-state index contributed by atoms with van der Waals surface area (Å²) in [7, 11) is 5.72. The molecule has 0 aliphatic rings. The number of hydrogen-bond donors (Lipinski definition) is 1. The van der Waals surface area contributed by atoms with Crippen LogP contribution >= 0.6 is 0 Å². The topological polar surface area (TPSA) is 105 Å². The molecule has 0 saturated carbocycles. The van der Waals surface area contributed by atoms with E-state index in [-0.39, 0.29) is 18.1 Å². The molecule has 29 heavy (non-hydrogen) atoms. The Morgan fingerprint density at radius 2 is 1.55 bits per heavy atom. The van der Waals surface area contributed by atoms with Crippen LogP contribution < -0.4 is 24.4 Å². The van der Waals surface area contributed by atoms with Gasteiger partial charge in [-0.3, -0.25) is 4.79 Å². The number of hydrazone groups is 1. The molecule has 2 rings (SSSR count). The minimum atomic E-state index is -0.854. The molecule has 0 radical (unpaired) electrons. The molecule has 0 spiro atoms. The maximum atomic E-state index is 12.1. The third-order valence-corrected chi connectivity index (χ3v) is 3.76. The molecule has 0 aromatic heterocycles. The van der Waals surface area contributed by atoms with Gasteiger partial charge in [-0.1, -0.05) is 6.07 Å². The molecule has 1 amide bonds. The Morgan fingerprint density at radius 3 is 2.21 bits per heavy atom. The van der Waals surface area contributed by atoms with E-state index in [0.29, 0.717) is 22.8 Å². The number of nitrogens with zero attached hydrogens (tertiary/aromatic N) is 1. The van der Waals surface area contributed by atoms with Crippen molar-refractivity contribution in [1.29, 1.82) is 0 Å². The predicted molar refractivity (Wildman–Crippen MR) is 105 cm³/mol. The standard InChI is InChI=1S/C20H22N2O7/c1-25-15-7-5-13(9-17(15)26-2)11-19(23)22-21-12-14-6-8-16(18(10-14)27-3)29-20(24)28-4/h5-10,12H,11H2,1-4H3,(H,22,23)/b21-12-. The highest BCUT2D eigenvalue weighted by Gasteiger charge is 2.11. The van der Waals surface area contributed by atoms with Gasteiger partial charge in [0.1, 0.15) is 0 Å². The van der Waals surface area contributed by atoms with E-state index in [1.54, 1.807) is 37.4 Å². The van der Waals surface area contributed by atoms with E-state index in [4.69, 9.17) is 18.9 Å². The normalized spacial score (nSPS) is 10.3. The van der Waals surface area contributed by atoms with Gasteiger partial charge in [0.15, 0.2) is 23.0 Å². The lowest BCUT2D eigenvalue weighted by Crippen LogP contribution is -2.19. The van der Waals surface area contributed by atoms with Crippen LogP contribution in [0.3, 0.4) is 0 Å². The average molecular weight is 402 g/mol. The highest BCUT2D eigenvalue weighted by atomic mass is 16.7. The van der Waals surface area contributed by atoms with Crippen molar-refractivity contribution in [2.24, 2.45) is 5.10 Å². The summed E-state index contributed by atoms with van der Waals surface area (Å²) in [5.41, 5.74) is 3.83. The van der Waals surface area contributed by atoms with Crippen LogP contribution in [0.5, 0.6) is 23.0 Å². The maximum absolute atomic E-state index is 12.1. The van der Waals surface area contributed by atoms with Crippen molar-refractivity contribution >= 4 is 18.3 Å². The minimum absolute atomic E-state index is 0.118. The summed E-state index contributed by atoms with van der Waals surface area (Å²) in [5, 5.41) is 3.93. The second-order valence-corrected chi connectivity index (χ2v) is 5.63. The maximum Gasteiger partial charge on any atom is 0.513 e. The highest BCUT2D eigenvalue weighted by Crippen LogP contribution is 2.28. The van der Waals surface area contributed by atoms with Crippen molar-refractivity contribution in [1.82, 2.24) is 5.43 Å². The SMILES string of the molecule is COC(=O)Oc1ccc(/C=N\NC(=O)Cc2ccc(OC)c(OC)c2)cc1OC. The first-order valence-electron chi connectivity index (χ1n) is 8.47. The molecule has 0 heterocycles. The van der Waals surface area contributed by atoms with Gasteiger partial charge in [0.25, 0.3) is 0 Å². The fraction of sp³-hybridized carbons (Fsp3) is 0.250. The lowest BCUT2D eigenvalue weighted by Gasteiger charge is -2.09. The van der Waals surface area contributed by atoms with E-state index >= 15 is 0 Å². The fourth-order valence-corrected chi connectivity index (χ4v) is 2.37. The molecule has 2 aromatic rings. The Hall–Kier alpha value is -3.75. The van der Waals surface area contributed by atoms with E-state index in [1.807, 2.05) is 0 Å². The zero-order chi connectivity index (χ0) is 21.2. The highest BCUT2D eigenvalue weighted by molar-refractivity contribution is 5.84. The zero-order valence-electron chi connectivity index (χ0n) is 16.6. The third-order valence-electron chi connectivity index (χ3n) is 3.76. The summed E-state index contributed by atoms with van der Waals surface area (Å²) in [6, 6.07) is 10.0. The quantitative estimate of drug-likeness (QED) is 0.313. The molecule has 0 fully saturated rings. The van der Waals surface area contributed by atoms with Gasteiger partial charge in [-0.2, -0.15) is 5.10 Å². The molecule has 9 nitrogen and oxygen atoms in total. The number of carbonyl (C=O) groups excluding carboxylic acids is 2. The van der Waals surface area contributed by atoms with Crippen molar-refractivity contribution < 1.29 is 33.3 Å². The van der Waals surface area contributed by atoms with Gasteiger partial charge in [0.2, 0.25) is 5.91 Å². The molecule has 0 aliphatic carbocycles. The molecule has 1 N–H and O–H groups in total. The van der Waals surface area contributed by atoms with Crippen LogP contribution in [0.15, 0.2) is 41.5 Å². The summed E-state index contributed by atoms with van der Waals surface area (Å²) in [4.78, 5) is 23.3. The zero-order valence-corrected chi connectivity index (χ0v) is 16.6. The Labute approximate surface area is 168 Å². The lowest BCUT2D eigenvalue weighted by molar-refractivity contribution is -0.120. The van der Waals surface area contributed by atoms with Crippen LogP contribution in [0.2, 0.25) is 0 Å². The van der Waals surface area contributed by atoms with Crippen LogP contribution in [-0.2, 0) is 16.0 Å². The Kier molecular flexibility index (Phi) is 7.84. The monoisotopic (exact) mass is 402 g/mol. The molecule has 0 bridgehead atoms. The molecular formula is C20H22N2O7. The molecule has 9 heteroatoms. The molecule has 0 aliphatic heterocycles. The van der Waals surface area contributed by atoms with Crippen LogP contribution in [0.4, 0.5) is 4.79 Å². The minimum Gasteiger partial charge on any atom is -0.493 e. The first kappa shape index (κ1) is 21.5. The number of amides is 1. The summed E-state index contributed by atoms with van der Waals surface area (Å²) in [6.45, 7) is 0. The summed E-state index contributed by atoms with van der Waals surface area (Å²) in [6.07, 6.45) is 0.705. The Balaban J connectivity index is 1.98. The van der Waals surface area contributed by atoms with Crippen molar-refractivity contribution in [3.05, 3.63) is 47.5 Å². The summed E-state index contributed by atoms with van der Waals surface area (Å²) >= 11 is 0. The average Bonchev–Trinajstić information content (AvgIpc) is 2.74. The number of rotatable bonds is 8. The molecular weight excluding hydrogens is 380 g/mol. The van der Waals surface area contributed by atoms with Crippen molar-refractivity contribution in [2.45, 2.75) is 6.42 Å². The van der Waals surface area contributed by atoms with E-state index in [2.05, 4.69) is 15.3 Å². The van der Waals surface area contributed by atoms with E-state index in [9.17, 15) is 9.59 Å². The van der Waals surface area contributed by atoms with Gasteiger partial charge in [-0.15, -0.1) is 0 Å². The van der Waals surface area contributed by atoms with Crippen LogP contribution in [0.25, 0.3) is 0 Å². The second-order valence-electron chi connectivity index (χ2n) is 5.63. The van der Waals surface area contributed by atoms with Crippen LogP contribution in [0, 0.1) is 0 Å². The first-order valence-corrected chi connectivity index (χ1v) is 8.47. The van der Waals surface area contributed by atoms with Gasteiger partial charge in [0, 0.05) is 0 Å². The Bertz CT molecular complexity index is 896. The first-order chi connectivity index (χ1) is 14.0. The molecule has 0 atom stereocenters. The number of methoxy groups -OCH3 is 4. The van der Waals surface area contributed by atoms with E-state index < -0.39 is 6.16 Å². The molecule has 2 aromatic carbocycles. The van der Waals surface area contributed by atoms with E-state index in [0.717, 1.165) is 5.56 Å². The number of ether oxygens (including phenoxy) is 5. The lowest BCUT2D eigenvalue weighted by atomic mass is 10.1. The molecule has 0 unspecified atom stereocenters. The van der Waals surface area contributed by atoms with Gasteiger partial charge in [-0.25, -0.2) is 10.2 Å². The predicted octanol–water partition coefficient (Wildman–Crippen LogP) is 2.55. The summed E-state index contributed by atoms with van der Waals surface area (Å²) < 4.78 is 25.0. The van der Waals surface area contributed by atoms with Gasteiger partial charge in [-0.05, 0) is 41.5 Å². The smallest absolute Gasteiger partial charge is 0.493 e. The molecule has 0 saturated heterocycles. The van der Waals surface area contributed by atoms with Gasteiger partial charge < -0.3 is 23.7 Å². The number of hydrogen-bond acceptors (Lipinski definition) is 8. The van der Waals surface area contributed by atoms with Crippen molar-refractivity contribution in [2.75, 3.05) is 28.4 Å². The van der Waals surface area contributed by atoms with E-state index in [1.165, 1.54) is 33.6 Å². The third kappa shape index (κ3) is 6.13. The van der Waals surface area contributed by atoms with Crippen LogP contribution in [0.1, 0.15) is 11.1 Å². The van der Waals surface area contributed by atoms with Gasteiger partial charge in [0.05, 0.1) is 41.1 Å². The number of nitrogens with one attached hydrogen (secondary N) is 1. The second kappa shape index (κ2) is 10.5. The molecule has 154 valence electrons. The Morgan fingerprint density at radius 1 is 0.897 bits per heavy atom. The van der Waals surface area contributed by atoms with Crippen molar-refractivity contribution in [3.8, 4) is 23.0 Å². The largest absolute Gasteiger partial charge is 0.513 e. The van der Waals surface area contributed by atoms with Crippen LogP contribution in [-0.4, -0.2) is 46.7 Å². The number of benzene rings is 2. The fourth-order valence-electron chi connectivity index (χ4n) is 2.37.